The van der Waals surface area contributed by atoms with Gasteiger partial charge in [-0.2, -0.15) is 0 Å². The molecule has 0 radical (unpaired) electrons. The second kappa shape index (κ2) is 14.9. The van der Waals surface area contributed by atoms with E-state index in [0.29, 0.717) is 23.7 Å². The van der Waals surface area contributed by atoms with Gasteiger partial charge in [0.05, 0.1) is 12.5 Å². The normalized spacial score (nSPS) is 14.7. The lowest BCUT2D eigenvalue weighted by Crippen LogP contribution is -2.62. The van der Waals surface area contributed by atoms with Crippen molar-refractivity contribution in [1.82, 2.24) is 15.1 Å². The number of hydrogen-bond donors (Lipinski definition) is 1. The van der Waals surface area contributed by atoms with Crippen LogP contribution in [0.5, 0.6) is 0 Å². The van der Waals surface area contributed by atoms with Gasteiger partial charge < -0.3 is 15.1 Å². The Morgan fingerprint density at radius 1 is 0.660 bits per heavy atom. The lowest BCUT2D eigenvalue weighted by atomic mass is 9.89. The highest BCUT2D eigenvalue weighted by Crippen LogP contribution is 2.29. The number of halogens is 1. The standard InChI is InChI=1S/C40H36ClN3O3/c41-34-23-13-22-33(26-34)39(46)44-25-24-43(40(47)37(31-18-9-3-10-19-31)32-20-11-4-12-21-32)28-36(44)38(45)42-27-35(29-14-5-1-6-15-29)30-16-7-2-8-17-30/h1-23,26,35-37H,24-25,27-28H2,(H,42,45). The summed E-state index contributed by atoms with van der Waals surface area (Å²) in [6.07, 6.45) is 0. The van der Waals surface area contributed by atoms with Gasteiger partial charge in [-0.05, 0) is 40.5 Å². The second-order valence-corrected chi connectivity index (χ2v) is 12.1. The minimum Gasteiger partial charge on any atom is -0.353 e. The van der Waals surface area contributed by atoms with Crippen LogP contribution in [0.1, 0.15) is 44.4 Å². The summed E-state index contributed by atoms with van der Waals surface area (Å²) in [6, 6.07) is 45.2. The Kier molecular flexibility index (Phi) is 10.1. The molecule has 0 bridgehead atoms. The van der Waals surface area contributed by atoms with Gasteiger partial charge in [-0.25, -0.2) is 0 Å². The van der Waals surface area contributed by atoms with E-state index in [0.717, 1.165) is 22.3 Å². The predicted molar refractivity (Wildman–Crippen MR) is 185 cm³/mol. The fourth-order valence-corrected chi connectivity index (χ4v) is 6.50. The molecular formula is C40H36ClN3O3. The van der Waals surface area contributed by atoms with Crippen LogP contribution in [0.2, 0.25) is 5.02 Å². The van der Waals surface area contributed by atoms with Crippen LogP contribution in [0.3, 0.4) is 0 Å². The zero-order valence-corrected chi connectivity index (χ0v) is 26.7. The van der Waals surface area contributed by atoms with Gasteiger partial charge in [0.25, 0.3) is 5.91 Å². The van der Waals surface area contributed by atoms with Crippen LogP contribution in [0.25, 0.3) is 0 Å². The van der Waals surface area contributed by atoms with Crippen LogP contribution in [0.4, 0.5) is 0 Å². The van der Waals surface area contributed by atoms with Crippen LogP contribution < -0.4 is 5.32 Å². The Labute approximate surface area is 280 Å². The Morgan fingerprint density at radius 3 is 1.68 bits per heavy atom. The van der Waals surface area contributed by atoms with Crippen LogP contribution in [0.15, 0.2) is 146 Å². The van der Waals surface area contributed by atoms with Crippen molar-refractivity contribution in [3.8, 4) is 0 Å². The van der Waals surface area contributed by atoms with E-state index in [1.807, 2.05) is 121 Å². The quantitative estimate of drug-likeness (QED) is 0.193. The summed E-state index contributed by atoms with van der Waals surface area (Å²) in [4.78, 5) is 45.7. The van der Waals surface area contributed by atoms with Gasteiger partial charge >= 0.3 is 0 Å². The zero-order valence-electron chi connectivity index (χ0n) is 25.9. The number of nitrogens with one attached hydrogen (secondary N) is 1. The molecule has 1 fully saturated rings. The molecule has 47 heavy (non-hydrogen) atoms. The number of carbonyl (C=O) groups excluding carboxylic acids is 3. The first-order valence-corrected chi connectivity index (χ1v) is 16.2. The highest BCUT2D eigenvalue weighted by atomic mass is 35.5. The minimum atomic E-state index is -0.904. The van der Waals surface area contributed by atoms with E-state index in [-0.39, 0.29) is 36.7 Å². The van der Waals surface area contributed by atoms with E-state index in [1.165, 1.54) is 0 Å². The van der Waals surface area contributed by atoms with Crippen molar-refractivity contribution in [1.29, 1.82) is 0 Å². The SMILES string of the molecule is O=C(NCC(c1ccccc1)c1ccccc1)C1CN(C(=O)C(c2ccccc2)c2ccccc2)CCN1C(=O)c1cccc(Cl)c1. The topological polar surface area (TPSA) is 69.7 Å². The van der Waals surface area contributed by atoms with Crippen molar-refractivity contribution in [2.75, 3.05) is 26.2 Å². The lowest BCUT2D eigenvalue weighted by Gasteiger charge is -2.42. The number of nitrogens with zero attached hydrogens (tertiary/aromatic N) is 2. The molecule has 1 saturated heterocycles. The lowest BCUT2D eigenvalue weighted by molar-refractivity contribution is -0.137. The van der Waals surface area contributed by atoms with E-state index < -0.39 is 12.0 Å². The molecule has 1 N–H and O–H groups in total. The van der Waals surface area contributed by atoms with Crippen molar-refractivity contribution in [3.63, 3.8) is 0 Å². The molecule has 1 aliphatic rings. The van der Waals surface area contributed by atoms with E-state index in [1.54, 1.807) is 34.1 Å². The van der Waals surface area contributed by atoms with Gasteiger partial charge in [0.15, 0.2) is 0 Å². The van der Waals surface area contributed by atoms with E-state index in [2.05, 4.69) is 5.32 Å². The molecule has 236 valence electrons. The van der Waals surface area contributed by atoms with Gasteiger partial charge in [0.2, 0.25) is 11.8 Å². The second-order valence-electron chi connectivity index (χ2n) is 11.7. The van der Waals surface area contributed by atoms with E-state index in [4.69, 9.17) is 11.6 Å². The first-order chi connectivity index (χ1) is 23.0. The number of rotatable bonds is 9. The average Bonchev–Trinajstić information content (AvgIpc) is 3.13. The summed E-state index contributed by atoms with van der Waals surface area (Å²) >= 11 is 6.24. The van der Waals surface area contributed by atoms with Crippen molar-refractivity contribution >= 4 is 29.3 Å². The van der Waals surface area contributed by atoms with E-state index in [9.17, 15) is 14.4 Å². The summed E-state index contributed by atoms with van der Waals surface area (Å²) in [5, 5.41) is 3.59. The van der Waals surface area contributed by atoms with Crippen molar-refractivity contribution in [2.24, 2.45) is 0 Å². The highest BCUT2D eigenvalue weighted by molar-refractivity contribution is 6.31. The number of carbonyl (C=O) groups is 3. The molecule has 6 rings (SSSR count). The summed E-state index contributed by atoms with van der Waals surface area (Å²) < 4.78 is 0. The third-order valence-electron chi connectivity index (χ3n) is 8.72. The van der Waals surface area contributed by atoms with Gasteiger partial charge in [0.1, 0.15) is 6.04 Å². The van der Waals surface area contributed by atoms with Gasteiger partial charge in [-0.3, -0.25) is 14.4 Å². The number of amides is 3. The number of hydrogen-bond acceptors (Lipinski definition) is 3. The number of piperazine rings is 1. The molecule has 1 heterocycles. The van der Waals surface area contributed by atoms with Crippen molar-refractivity contribution in [3.05, 3.63) is 178 Å². The Morgan fingerprint density at radius 2 is 1.17 bits per heavy atom. The van der Waals surface area contributed by atoms with E-state index >= 15 is 0 Å². The highest BCUT2D eigenvalue weighted by Gasteiger charge is 2.39. The van der Waals surface area contributed by atoms with Crippen LogP contribution in [-0.4, -0.2) is 59.7 Å². The van der Waals surface area contributed by atoms with Crippen LogP contribution in [0, 0.1) is 0 Å². The van der Waals surface area contributed by atoms with Gasteiger partial charge in [-0.1, -0.05) is 139 Å². The largest absolute Gasteiger partial charge is 0.353 e. The molecule has 0 aliphatic carbocycles. The monoisotopic (exact) mass is 641 g/mol. The van der Waals surface area contributed by atoms with Crippen molar-refractivity contribution < 1.29 is 14.4 Å². The molecule has 0 spiro atoms. The summed E-state index contributed by atoms with van der Waals surface area (Å²) in [6.45, 7) is 0.885. The third kappa shape index (κ3) is 7.45. The fraction of sp³-hybridized carbons (Fsp3) is 0.175. The molecule has 5 aromatic carbocycles. The van der Waals surface area contributed by atoms with Crippen LogP contribution >= 0.6 is 11.6 Å². The molecule has 1 atom stereocenters. The zero-order chi connectivity index (χ0) is 32.6. The maximum atomic E-state index is 14.4. The molecule has 3 amide bonds. The average molecular weight is 642 g/mol. The minimum absolute atomic E-state index is 0.0640. The first-order valence-electron chi connectivity index (χ1n) is 15.8. The Bertz CT molecular complexity index is 1720. The molecular weight excluding hydrogens is 606 g/mol. The van der Waals surface area contributed by atoms with Gasteiger partial charge in [0, 0.05) is 36.1 Å². The molecule has 1 unspecified atom stereocenters. The molecule has 0 aromatic heterocycles. The molecule has 0 saturated carbocycles. The maximum Gasteiger partial charge on any atom is 0.254 e. The first kappa shape index (κ1) is 31.8. The van der Waals surface area contributed by atoms with Crippen molar-refractivity contribution in [2.45, 2.75) is 17.9 Å². The summed E-state index contributed by atoms with van der Waals surface area (Å²) in [7, 11) is 0. The van der Waals surface area contributed by atoms with Gasteiger partial charge in [-0.15, -0.1) is 0 Å². The third-order valence-corrected chi connectivity index (χ3v) is 8.96. The molecule has 1 aliphatic heterocycles. The summed E-state index contributed by atoms with van der Waals surface area (Å²) in [5.74, 6) is -1.37. The summed E-state index contributed by atoms with van der Waals surface area (Å²) in [5.41, 5.74) is 4.28. The molecule has 6 nitrogen and oxygen atoms in total. The van der Waals surface area contributed by atoms with Crippen LogP contribution in [-0.2, 0) is 9.59 Å². The fourth-order valence-electron chi connectivity index (χ4n) is 6.31. The smallest absolute Gasteiger partial charge is 0.254 e. The predicted octanol–water partition coefficient (Wildman–Crippen LogP) is 6.77. The maximum absolute atomic E-state index is 14.4. The molecule has 7 heteroatoms. The number of benzene rings is 5. The molecule has 5 aromatic rings. The Hall–Kier alpha value is -5.20. The Balaban J connectivity index is 1.29.